The highest BCUT2D eigenvalue weighted by Gasteiger charge is 2.13. The number of hydrogen-bond acceptors (Lipinski definition) is 4. The van der Waals surface area contributed by atoms with Gasteiger partial charge in [-0.15, -0.1) is 0 Å². The molecule has 4 nitrogen and oxygen atoms in total. The second-order valence-electron chi connectivity index (χ2n) is 2.99. The summed E-state index contributed by atoms with van der Waals surface area (Å²) in [6.45, 7) is 0. The van der Waals surface area contributed by atoms with Crippen LogP contribution in [0.2, 0.25) is 10.3 Å². The molecule has 6 heteroatoms. The SMILES string of the molecule is N#Cc1nc(Cl)nc(Oc2ccccc2)c1Cl. The monoisotopic (exact) mass is 265 g/mol. The van der Waals surface area contributed by atoms with Crippen LogP contribution in [-0.4, -0.2) is 9.97 Å². The molecule has 0 aliphatic rings. The van der Waals surface area contributed by atoms with Crippen LogP contribution in [0.4, 0.5) is 0 Å². The van der Waals surface area contributed by atoms with E-state index in [-0.39, 0.29) is 21.9 Å². The van der Waals surface area contributed by atoms with Crippen LogP contribution in [0.1, 0.15) is 5.69 Å². The summed E-state index contributed by atoms with van der Waals surface area (Å²) in [5, 5.41) is 8.75. The lowest BCUT2D eigenvalue weighted by atomic mass is 10.3. The van der Waals surface area contributed by atoms with E-state index in [0.29, 0.717) is 5.75 Å². The first-order valence-electron chi connectivity index (χ1n) is 4.56. The van der Waals surface area contributed by atoms with E-state index >= 15 is 0 Å². The minimum atomic E-state index is -0.0862. The molecule has 0 amide bonds. The molecular weight excluding hydrogens is 261 g/mol. The van der Waals surface area contributed by atoms with Crippen molar-refractivity contribution in [2.45, 2.75) is 0 Å². The zero-order valence-corrected chi connectivity index (χ0v) is 9.90. The highest BCUT2D eigenvalue weighted by atomic mass is 35.5. The molecule has 0 aliphatic carbocycles. The summed E-state index contributed by atoms with van der Waals surface area (Å²) in [6, 6.07) is 10.7. The fourth-order valence-corrected chi connectivity index (χ4v) is 1.47. The molecule has 0 unspecified atom stereocenters. The molecule has 0 bridgehead atoms. The van der Waals surface area contributed by atoms with E-state index in [1.165, 1.54) is 0 Å². The zero-order chi connectivity index (χ0) is 12.3. The van der Waals surface area contributed by atoms with E-state index in [2.05, 4.69) is 9.97 Å². The van der Waals surface area contributed by atoms with Gasteiger partial charge in [-0.1, -0.05) is 29.8 Å². The first-order valence-corrected chi connectivity index (χ1v) is 5.32. The highest BCUT2D eigenvalue weighted by Crippen LogP contribution is 2.29. The number of aromatic nitrogens is 2. The molecule has 84 valence electrons. The predicted octanol–water partition coefficient (Wildman–Crippen LogP) is 3.45. The third kappa shape index (κ3) is 2.64. The molecule has 0 saturated carbocycles. The van der Waals surface area contributed by atoms with Crippen LogP contribution in [0.5, 0.6) is 11.6 Å². The summed E-state index contributed by atoms with van der Waals surface area (Å²) >= 11 is 11.6. The average Bonchev–Trinajstić information content (AvgIpc) is 2.34. The Hall–Kier alpha value is -1.83. The Morgan fingerprint density at radius 3 is 2.47 bits per heavy atom. The zero-order valence-electron chi connectivity index (χ0n) is 8.39. The van der Waals surface area contributed by atoms with Gasteiger partial charge in [-0.2, -0.15) is 10.2 Å². The summed E-state index contributed by atoms with van der Waals surface area (Å²) in [7, 11) is 0. The van der Waals surface area contributed by atoms with Gasteiger partial charge in [0.1, 0.15) is 16.8 Å². The number of hydrogen-bond donors (Lipinski definition) is 0. The van der Waals surface area contributed by atoms with Gasteiger partial charge in [0.15, 0.2) is 5.69 Å². The van der Waals surface area contributed by atoms with Gasteiger partial charge in [-0.25, -0.2) is 4.98 Å². The Kier molecular flexibility index (Phi) is 3.43. The molecule has 2 aromatic rings. The van der Waals surface area contributed by atoms with Gasteiger partial charge in [0.05, 0.1) is 0 Å². The predicted molar refractivity (Wildman–Crippen MR) is 63.3 cm³/mol. The second kappa shape index (κ2) is 5.00. The Morgan fingerprint density at radius 2 is 1.82 bits per heavy atom. The fourth-order valence-electron chi connectivity index (χ4n) is 1.14. The standard InChI is InChI=1S/C11H5Cl2N3O/c12-9-8(6-14)15-11(13)16-10(9)17-7-4-2-1-3-5-7/h1-5H. The van der Waals surface area contributed by atoms with Crippen LogP contribution in [0, 0.1) is 11.3 Å². The van der Waals surface area contributed by atoms with Gasteiger partial charge in [0.2, 0.25) is 11.2 Å². The van der Waals surface area contributed by atoms with Crippen molar-refractivity contribution in [1.29, 1.82) is 5.26 Å². The number of halogens is 2. The van der Waals surface area contributed by atoms with Gasteiger partial charge >= 0.3 is 0 Å². The molecule has 0 atom stereocenters. The molecule has 1 aromatic carbocycles. The normalized spacial score (nSPS) is 9.71. The molecular formula is C11H5Cl2N3O. The molecule has 0 saturated heterocycles. The summed E-state index contributed by atoms with van der Waals surface area (Å²) in [4.78, 5) is 7.50. The fraction of sp³-hybridized carbons (Fsp3) is 0. The highest BCUT2D eigenvalue weighted by molar-refractivity contribution is 6.33. The van der Waals surface area contributed by atoms with Crippen molar-refractivity contribution >= 4 is 23.2 Å². The van der Waals surface area contributed by atoms with E-state index in [9.17, 15) is 0 Å². The van der Waals surface area contributed by atoms with E-state index < -0.39 is 0 Å². The molecule has 17 heavy (non-hydrogen) atoms. The molecule has 0 N–H and O–H groups in total. The lowest BCUT2D eigenvalue weighted by molar-refractivity contribution is 0.461. The van der Waals surface area contributed by atoms with E-state index in [1.807, 2.05) is 12.1 Å². The number of rotatable bonds is 2. The van der Waals surface area contributed by atoms with Crippen LogP contribution >= 0.6 is 23.2 Å². The summed E-state index contributed by atoms with van der Waals surface area (Å²) in [6.07, 6.45) is 0. The van der Waals surface area contributed by atoms with Gasteiger partial charge < -0.3 is 4.74 Å². The number of nitrogens with zero attached hydrogens (tertiary/aromatic N) is 3. The number of nitriles is 1. The first-order chi connectivity index (χ1) is 8.20. The Balaban J connectivity index is 2.40. The molecule has 0 radical (unpaired) electrons. The molecule has 0 spiro atoms. The lowest BCUT2D eigenvalue weighted by Gasteiger charge is -2.06. The summed E-state index contributed by atoms with van der Waals surface area (Å²) < 4.78 is 5.41. The molecule has 1 aromatic heterocycles. The van der Waals surface area contributed by atoms with E-state index in [1.54, 1.807) is 24.3 Å². The lowest BCUT2D eigenvalue weighted by Crippen LogP contribution is -1.95. The maximum atomic E-state index is 8.79. The molecule has 1 heterocycles. The Labute approximate surface area is 107 Å². The average molecular weight is 266 g/mol. The van der Waals surface area contributed by atoms with Crippen molar-refractivity contribution in [3.8, 4) is 17.7 Å². The van der Waals surface area contributed by atoms with Crippen LogP contribution in [0.3, 0.4) is 0 Å². The van der Waals surface area contributed by atoms with Crippen LogP contribution < -0.4 is 4.74 Å². The quantitative estimate of drug-likeness (QED) is 0.781. The number of ether oxygens (including phenoxy) is 1. The Morgan fingerprint density at radius 1 is 1.12 bits per heavy atom. The van der Waals surface area contributed by atoms with Crippen molar-refractivity contribution in [2.24, 2.45) is 0 Å². The van der Waals surface area contributed by atoms with Crippen molar-refractivity contribution < 1.29 is 4.74 Å². The summed E-state index contributed by atoms with van der Waals surface area (Å²) in [5.74, 6) is 0.613. The number of para-hydroxylation sites is 1. The van der Waals surface area contributed by atoms with Crippen molar-refractivity contribution in [2.75, 3.05) is 0 Å². The molecule has 0 fully saturated rings. The second-order valence-corrected chi connectivity index (χ2v) is 3.70. The van der Waals surface area contributed by atoms with Crippen LogP contribution in [-0.2, 0) is 0 Å². The van der Waals surface area contributed by atoms with Crippen molar-refractivity contribution in [3.63, 3.8) is 0 Å². The maximum Gasteiger partial charge on any atom is 0.243 e. The van der Waals surface area contributed by atoms with Crippen LogP contribution in [0.15, 0.2) is 30.3 Å². The van der Waals surface area contributed by atoms with Crippen molar-refractivity contribution in [1.82, 2.24) is 9.97 Å². The van der Waals surface area contributed by atoms with E-state index in [0.717, 1.165) is 0 Å². The minimum absolute atomic E-state index is 0.0161. The number of benzene rings is 1. The largest absolute Gasteiger partial charge is 0.437 e. The maximum absolute atomic E-state index is 8.79. The topological polar surface area (TPSA) is 58.8 Å². The molecule has 0 aliphatic heterocycles. The third-order valence-electron chi connectivity index (χ3n) is 1.86. The summed E-state index contributed by atoms with van der Waals surface area (Å²) in [5.41, 5.74) is -0.0161. The van der Waals surface area contributed by atoms with E-state index in [4.69, 9.17) is 33.2 Å². The minimum Gasteiger partial charge on any atom is -0.437 e. The van der Waals surface area contributed by atoms with Gasteiger partial charge in [0, 0.05) is 0 Å². The smallest absolute Gasteiger partial charge is 0.243 e. The Bertz CT molecular complexity index is 581. The van der Waals surface area contributed by atoms with Gasteiger partial charge in [0.25, 0.3) is 0 Å². The first kappa shape index (κ1) is 11.6. The van der Waals surface area contributed by atoms with Crippen LogP contribution in [0.25, 0.3) is 0 Å². The van der Waals surface area contributed by atoms with Crippen molar-refractivity contribution in [3.05, 3.63) is 46.3 Å². The molecule has 2 rings (SSSR count). The van der Waals surface area contributed by atoms with Gasteiger partial charge in [-0.3, -0.25) is 0 Å². The van der Waals surface area contributed by atoms with Gasteiger partial charge in [-0.05, 0) is 23.7 Å². The third-order valence-corrected chi connectivity index (χ3v) is 2.37.